The molecule has 11 rings (SSSR count). The van der Waals surface area contributed by atoms with Crippen LogP contribution in [-0.4, -0.2) is 0 Å². The van der Waals surface area contributed by atoms with E-state index in [-0.39, 0.29) is 0 Å². The fourth-order valence-electron chi connectivity index (χ4n) is 8.24. The van der Waals surface area contributed by atoms with Gasteiger partial charge in [0.2, 0.25) is 0 Å². The molecule has 0 saturated carbocycles. The predicted molar refractivity (Wildman–Crippen MR) is 210 cm³/mol. The average Bonchev–Trinajstić information content (AvgIpc) is 3.75. The Morgan fingerprint density at radius 2 is 0.880 bits per heavy atom. The lowest BCUT2D eigenvalue weighted by atomic mass is 9.85. The molecule has 0 N–H and O–H groups in total. The molecule has 2 heteroatoms. The van der Waals surface area contributed by atoms with Gasteiger partial charge in [-0.25, -0.2) is 0 Å². The average molecular weight is 637 g/mol. The second-order valence-corrected chi connectivity index (χ2v) is 13.2. The lowest BCUT2D eigenvalue weighted by Gasteiger charge is -2.18. The van der Waals surface area contributed by atoms with Crippen molar-refractivity contribution >= 4 is 76.2 Å². The van der Waals surface area contributed by atoms with Gasteiger partial charge in [-0.1, -0.05) is 146 Å². The number of hydrogen-bond acceptors (Lipinski definition) is 2. The second kappa shape index (κ2) is 10.4. The van der Waals surface area contributed by atoms with Gasteiger partial charge >= 0.3 is 0 Å². The molecule has 0 fully saturated rings. The zero-order valence-corrected chi connectivity index (χ0v) is 27.0. The highest BCUT2D eigenvalue weighted by Crippen LogP contribution is 2.46. The summed E-state index contributed by atoms with van der Waals surface area (Å²) in [5.41, 5.74) is 10.7. The number of benzene rings is 9. The Morgan fingerprint density at radius 1 is 0.300 bits per heavy atom. The predicted octanol–water partition coefficient (Wildman–Crippen LogP) is 13.9. The topological polar surface area (TPSA) is 26.3 Å². The Balaban J connectivity index is 1.10. The normalized spacial score (nSPS) is 12.0. The fourth-order valence-corrected chi connectivity index (χ4v) is 8.24. The zero-order chi connectivity index (χ0) is 32.8. The molecule has 2 heterocycles. The van der Waals surface area contributed by atoms with Crippen LogP contribution in [0.25, 0.3) is 110 Å². The zero-order valence-electron chi connectivity index (χ0n) is 27.0. The first-order chi connectivity index (χ1) is 24.8. The largest absolute Gasteiger partial charge is 0.456 e. The Labute approximate surface area is 287 Å². The maximum absolute atomic E-state index is 6.52. The van der Waals surface area contributed by atoms with Crippen LogP contribution in [0.4, 0.5) is 0 Å². The minimum atomic E-state index is 0.904. The van der Waals surface area contributed by atoms with Gasteiger partial charge in [-0.05, 0) is 84.4 Å². The van der Waals surface area contributed by atoms with Crippen LogP contribution in [0.3, 0.4) is 0 Å². The van der Waals surface area contributed by atoms with Crippen molar-refractivity contribution in [3.8, 4) is 33.4 Å². The lowest BCUT2D eigenvalue weighted by Crippen LogP contribution is -1.91. The molecular formula is C48H28O2. The number of rotatable bonds is 3. The molecule has 0 atom stereocenters. The second-order valence-electron chi connectivity index (χ2n) is 13.2. The molecule has 0 amide bonds. The summed E-state index contributed by atoms with van der Waals surface area (Å²) in [6.45, 7) is 0. The van der Waals surface area contributed by atoms with Gasteiger partial charge in [0.15, 0.2) is 0 Å². The summed E-state index contributed by atoms with van der Waals surface area (Å²) in [7, 11) is 0. The molecule has 0 bridgehead atoms. The summed E-state index contributed by atoms with van der Waals surface area (Å²) in [5.74, 6) is 0. The van der Waals surface area contributed by atoms with Crippen LogP contribution in [0, 0.1) is 0 Å². The molecule has 2 aromatic heterocycles. The van der Waals surface area contributed by atoms with Gasteiger partial charge in [0.25, 0.3) is 0 Å². The molecule has 0 spiro atoms. The molecule has 0 aliphatic rings. The number of hydrogen-bond donors (Lipinski definition) is 0. The van der Waals surface area contributed by atoms with Crippen molar-refractivity contribution in [2.75, 3.05) is 0 Å². The number of para-hydroxylation sites is 2. The summed E-state index contributed by atoms with van der Waals surface area (Å²) in [5, 5.41) is 11.9. The van der Waals surface area contributed by atoms with Crippen molar-refractivity contribution in [2.45, 2.75) is 0 Å². The minimum Gasteiger partial charge on any atom is -0.456 e. The van der Waals surface area contributed by atoms with E-state index in [1.807, 2.05) is 12.1 Å². The molecule has 0 saturated heterocycles. The van der Waals surface area contributed by atoms with E-state index in [0.717, 1.165) is 55.2 Å². The molecule has 0 aliphatic heterocycles. The van der Waals surface area contributed by atoms with Crippen molar-refractivity contribution in [3.05, 3.63) is 170 Å². The van der Waals surface area contributed by atoms with Crippen LogP contribution >= 0.6 is 0 Å². The molecule has 232 valence electrons. The molecule has 11 aromatic rings. The number of fused-ring (bicyclic) bond motifs is 10. The molecule has 9 aromatic carbocycles. The van der Waals surface area contributed by atoms with E-state index in [0.29, 0.717) is 0 Å². The van der Waals surface area contributed by atoms with Gasteiger partial charge < -0.3 is 8.83 Å². The van der Waals surface area contributed by atoms with Crippen molar-refractivity contribution < 1.29 is 8.83 Å². The van der Waals surface area contributed by atoms with Crippen LogP contribution in [0.1, 0.15) is 0 Å². The van der Waals surface area contributed by atoms with E-state index in [9.17, 15) is 0 Å². The third-order valence-electron chi connectivity index (χ3n) is 10.5. The summed E-state index contributed by atoms with van der Waals surface area (Å²) in [4.78, 5) is 0. The summed E-state index contributed by atoms with van der Waals surface area (Å²) >= 11 is 0. The van der Waals surface area contributed by atoms with Gasteiger partial charge in [0.05, 0.1) is 0 Å². The third-order valence-corrected chi connectivity index (χ3v) is 10.5. The Bertz CT molecular complexity index is 3080. The smallest absolute Gasteiger partial charge is 0.143 e. The first-order valence-electron chi connectivity index (χ1n) is 17.1. The third kappa shape index (κ3) is 3.90. The summed E-state index contributed by atoms with van der Waals surface area (Å²) < 4.78 is 12.9. The Hall–Kier alpha value is -6.64. The van der Waals surface area contributed by atoms with Crippen molar-refractivity contribution in [3.63, 3.8) is 0 Å². The van der Waals surface area contributed by atoms with Gasteiger partial charge in [-0.2, -0.15) is 0 Å². The van der Waals surface area contributed by atoms with Crippen molar-refractivity contribution in [1.29, 1.82) is 0 Å². The summed E-state index contributed by atoms with van der Waals surface area (Å²) in [6.07, 6.45) is 0. The van der Waals surface area contributed by atoms with E-state index < -0.39 is 0 Å². The molecule has 0 unspecified atom stereocenters. The first-order valence-corrected chi connectivity index (χ1v) is 17.1. The fraction of sp³-hybridized carbons (Fsp3) is 0. The van der Waals surface area contributed by atoms with Gasteiger partial charge in [0, 0.05) is 27.1 Å². The van der Waals surface area contributed by atoms with E-state index >= 15 is 0 Å². The standard InChI is InChI=1S/C48H28O2/c1-2-11-33-29(10-1)25-27-43-47(33)41-26-24-32(28-44(41)49-43)46-38-15-5-3-13-36(38)45(37-14-4-6-16-39(37)46)31-22-20-30(21-23-31)34-17-9-18-40-35-12-7-8-19-42(35)50-48(34)40/h1-28H. The van der Waals surface area contributed by atoms with E-state index in [1.54, 1.807) is 0 Å². The highest BCUT2D eigenvalue weighted by molar-refractivity contribution is 6.23. The molecule has 2 nitrogen and oxygen atoms in total. The van der Waals surface area contributed by atoms with Crippen LogP contribution in [0.5, 0.6) is 0 Å². The lowest BCUT2D eigenvalue weighted by molar-refractivity contribution is 0.669. The van der Waals surface area contributed by atoms with Crippen LogP contribution in [0.2, 0.25) is 0 Å². The van der Waals surface area contributed by atoms with Crippen molar-refractivity contribution in [1.82, 2.24) is 0 Å². The van der Waals surface area contributed by atoms with E-state index in [2.05, 4.69) is 158 Å². The summed E-state index contributed by atoms with van der Waals surface area (Å²) in [6, 6.07) is 60.8. The molecular weight excluding hydrogens is 609 g/mol. The Morgan fingerprint density at radius 3 is 1.62 bits per heavy atom. The maximum Gasteiger partial charge on any atom is 0.143 e. The molecule has 0 aliphatic carbocycles. The molecule has 0 radical (unpaired) electrons. The van der Waals surface area contributed by atoms with Gasteiger partial charge in [-0.3, -0.25) is 0 Å². The van der Waals surface area contributed by atoms with E-state index in [1.165, 1.54) is 54.4 Å². The van der Waals surface area contributed by atoms with Crippen LogP contribution in [-0.2, 0) is 0 Å². The highest BCUT2D eigenvalue weighted by Gasteiger charge is 2.19. The van der Waals surface area contributed by atoms with E-state index in [4.69, 9.17) is 8.83 Å². The van der Waals surface area contributed by atoms with Gasteiger partial charge in [0.1, 0.15) is 22.3 Å². The first kappa shape index (κ1) is 27.3. The highest BCUT2D eigenvalue weighted by atomic mass is 16.3. The van der Waals surface area contributed by atoms with Crippen molar-refractivity contribution in [2.24, 2.45) is 0 Å². The quantitative estimate of drug-likeness (QED) is 0.180. The monoisotopic (exact) mass is 636 g/mol. The Kier molecular flexibility index (Phi) is 5.70. The molecule has 50 heavy (non-hydrogen) atoms. The van der Waals surface area contributed by atoms with Crippen LogP contribution < -0.4 is 0 Å². The number of furan rings is 2. The SMILES string of the molecule is c1ccc2c(c1)ccc1oc3cc(-c4c5ccccc5c(-c5ccc(-c6cccc7c6oc6ccccc67)cc5)c5ccccc45)ccc3c12. The van der Waals surface area contributed by atoms with Crippen LogP contribution in [0.15, 0.2) is 179 Å². The maximum atomic E-state index is 6.52. The minimum absolute atomic E-state index is 0.904. The van der Waals surface area contributed by atoms with Gasteiger partial charge in [-0.15, -0.1) is 0 Å².